The molecule has 0 aromatic carbocycles. The molecular weight excluding hydrogens is 324 g/mol. The summed E-state index contributed by atoms with van der Waals surface area (Å²) in [7, 11) is 0. The van der Waals surface area contributed by atoms with Gasteiger partial charge in [0.1, 0.15) is 0 Å². The van der Waals surface area contributed by atoms with E-state index in [4.69, 9.17) is 0 Å². The highest BCUT2D eigenvalue weighted by molar-refractivity contribution is 4.82. The van der Waals surface area contributed by atoms with Crippen LogP contribution in [0.2, 0.25) is 0 Å². The summed E-state index contributed by atoms with van der Waals surface area (Å²) in [6.45, 7) is 4.63. The van der Waals surface area contributed by atoms with E-state index in [1.165, 1.54) is 128 Å². The normalized spacial score (nSPS) is 16.7. The summed E-state index contributed by atoms with van der Waals surface area (Å²) in [5.41, 5.74) is 0.765. The molecule has 1 rings (SSSR count). The summed E-state index contributed by atoms with van der Waals surface area (Å²) in [6.07, 6.45) is 35.9. The Kier molecular flexibility index (Phi) is 16.7. The molecule has 1 saturated carbocycles. The Morgan fingerprint density at radius 3 is 1.11 bits per heavy atom. The third-order valence-electron chi connectivity index (χ3n) is 7.29. The van der Waals surface area contributed by atoms with Crippen LogP contribution in [0.3, 0.4) is 0 Å². The van der Waals surface area contributed by atoms with E-state index >= 15 is 0 Å². The minimum absolute atomic E-state index is 0.765. The fourth-order valence-corrected chi connectivity index (χ4v) is 5.37. The fraction of sp³-hybridized carbons (Fsp3) is 1.00. The van der Waals surface area contributed by atoms with Crippen molar-refractivity contribution in [2.24, 2.45) is 5.41 Å². The van der Waals surface area contributed by atoms with Crippen LogP contribution in [0, 0.1) is 5.41 Å². The van der Waals surface area contributed by atoms with Crippen molar-refractivity contribution in [3.8, 4) is 0 Å². The molecule has 27 heavy (non-hydrogen) atoms. The maximum absolute atomic E-state index is 2.32. The Balaban J connectivity index is 2.07. The first kappa shape index (κ1) is 25.0. The maximum atomic E-state index is 2.32. The highest BCUT2D eigenvalue weighted by Gasteiger charge is 2.30. The van der Waals surface area contributed by atoms with Crippen molar-refractivity contribution in [1.29, 1.82) is 0 Å². The lowest BCUT2D eigenvalue weighted by Crippen LogP contribution is -2.24. The van der Waals surface area contributed by atoms with Gasteiger partial charge < -0.3 is 0 Å². The molecule has 0 radical (unpaired) electrons. The molecule has 0 nitrogen and oxygen atoms in total. The van der Waals surface area contributed by atoms with Crippen LogP contribution >= 0.6 is 0 Å². The number of hydrogen-bond donors (Lipinski definition) is 0. The molecule has 0 bridgehead atoms. The quantitative estimate of drug-likeness (QED) is 0.196. The minimum atomic E-state index is 0.765. The minimum Gasteiger partial charge on any atom is -0.0654 e. The van der Waals surface area contributed by atoms with Gasteiger partial charge in [-0.3, -0.25) is 0 Å². The third-order valence-corrected chi connectivity index (χ3v) is 7.29. The van der Waals surface area contributed by atoms with Gasteiger partial charge in [-0.25, -0.2) is 0 Å². The lowest BCUT2D eigenvalue weighted by molar-refractivity contribution is 0.146. The van der Waals surface area contributed by atoms with Crippen LogP contribution in [0.5, 0.6) is 0 Å². The topological polar surface area (TPSA) is 0 Å². The number of unbranched alkanes of at least 4 members (excludes halogenated alkanes) is 15. The van der Waals surface area contributed by atoms with E-state index in [1.807, 2.05) is 0 Å². The molecule has 0 spiro atoms. The molecule has 0 aromatic rings. The molecule has 0 heterocycles. The van der Waals surface area contributed by atoms with E-state index in [9.17, 15) is 0 Å². The van der Waals surface area contributed by atoms with Crippen LogP contribution in [0.4, 0.5) is 0 Å². The van der Waals surface area contributed by atoms with Gasteiger partial charge in [0.2, 0.25) is 0 Å². The first-order valence-electron chi connectivity index (χ1n) is 13.3. The Bertz CT molecular complexity index is 286. The second-order valence-electron chi connectivity index (χ2n) is 9.86. The van der Waals surface area contributed by atoms with Gasteiger partial charge in [-0.2, -0.15) is 0 Å². The van der Waals surface area contributed by atoms with Gasteiger partial charge >= 0.3 is 0 Å². The molecule has 0 aliphatic heterocycles. The van der Waals surface area contributed by atoms with Crippen LogP contribution < -0.4 is 0 Å². The molecule has 0 amide bonds. The Morgan fingerprint density at radius 2 is 0.741 bits per heavy atom. The van der Waals surface area contributed by atoms with Gasteiger partial charge in [-0.15, -0.1) is 0 Å². The Hall–Kier alpha value is 0. The van der Waals surface area contributed by atoms with Crippen molar-refractivity contribution in [2.45, 2.75) is 168 Å². The summed E-state index contributed by atoms with van der Waals surface area (Å²) in [4.78, 5) is 0. The number of rotatable bonds is 19. The van der Waals surface area contributed by atoms with Crippen LogP contribution in [0.25, 0.3) is 0 Å². The Labute approximate surface area is 173 Å². The SMILES string of the molecule is CCCCCCCCCCCC1(CCCCCCCCCC)CCCCC1. The molecule has 0 N–H and O–H groups in total. The van der Waals surface area contributed by atoms with E-state index in [2.05, 4.69) is 13.8 Å². The van der Waals surface area contributed by atoms with Crippen molar-refractivity contribution >= 4 is 0 Å². The van der Waals surface area contributed by atoms with Crippen LogP contribution in [-0.2, 0) is 0 Å². The summed E-state index contributed by atoms with van der Waals surface area (Å²) in [6, 6.07) is 0. The van der Waals surface area contributed by atoms with E-state index in [0.717, 1.165) is 5.41 Å². The monoisotopic (exact) mass is 378 g/mol. The third kappa shape index (κ3) is 13.8. The highest BCUT2D eigenvalue weighted by Crippen LogP contribution is 2.44. The van der Waals surface area contributed by atoms with Crippen LogP contribution in [0.15, 0.2) is 0 Å². The predicted molar refractivity (Wildman–Crippen MR) is 125 cm³/mol. The summed E-state index contributed by atoms with van der Waals surface area (Å²) in [5, 5.41) is 0. The summed E-state index contributed by atoms with van der Waals surface area (Å²) in [5.74, 6) is 0. The van der Waals surface area contributed by atoms with Gasteiger partial charge in [0.15, 0.2) is 0 Å². The smallest absolute Gasteiger partial charge is 0.0297 e. The maximum Gasteiger partial charge on any atom is -0.0297 e. The van der Waals surface area contributed by atoms with Gasteiger partial charge in [-0.1, -0.05) is 142 Å². The molecule has 0 heteroatoms. The number of hydrogen-bond acceptors (Lipinski definition) is 0. The standard InChI is InChI=1S/C27H54/c1-3-5-7-9-11-13-15-17-20-24-27(25-21-18-22-26-27)23-19-16-14-12-10-8-6-4-2/h3-26H2,1-2H3. The van der Waals surface area contributed by atoms with Gasteiger partial charge in [0.25, 0.3) is 0 Å². The Morgan fingerprint density at radius 1 is 0.407 bits per heavy atom. The van der Waals surface area contributed by atoms with Gasteiger partial charge in [0, 0.05) is 0 Å². The molecular formula is C27H54. The molecule has 0 atom stereocenters. The van der Waals surface area contributed by atoms with Crippen LogP contribution in [-0.4, -0.2) is 0 Å². The van der Waals surface area contributed by atoms with Gasteiger partial charge in [-0.05, 0) is 31.1 Å². The molecule has 162 valence electrons. The molecule has 0 unspecified atom stereocenters. The van der Waals surface area contributed by atoms with E-state index in [1.54, 1.807) is 25.7 Å². The molecule has 0 aromatic heterocycles. The molecule has 0 saturated heterocycles. The molecule has 1 aliphatic rings. The largest absolute Gasteiger partial charge is 0.0654 e. The first-order chi connectivity index (χ1) is 13.3. The summed E-state index contributed by atoms with van der Waals surface area (Å²) < 4.78 is 0. The zero-order valence-corrected chi connectivity index (χ0v) is 19.5. The molecule has 1 aliphatic carbocycles. The lowest BCUT2D eigenvalue weighted by atomic mass is 9.68. The van der Waals surface area contributed by atoms with Crippen molar-refractivity contribution in [2.75, 3.05) is 0 Å². The van der Waals surface area contributed by atoms with Gasteiger partial charge in [0.05, 0.1) is 0 Å². The second kappa shape index (κ2) is 18.1. The van der Waals surface area contributed by atoms with Crippen LogP contribution in [0.1, 0.15) is 168 Å². The highest BCUT2D eigenvalue weighted by atomic mass is 14.4. The zero-order valence-electron chi connectivity index (χ0n) is 19.5. The predicted octanol–water partition coefficient (Wildman–Crippen LogP) is 10.4. The lowest BCUT2D eigenvalue weighted by Gasteiger charge is -2.38. The van der Waals surface area contributed by atoms with E-state index < -0.39 is 0 Å². The molecule has 1 fully saturated rings. The van der Waals surface area contributed by atoms with Crippen molar-refractivity contribution in [1.82, 2.24) is 0 Å². The summed E-state index contributed by atoms with van der Waals surface area (Å²) >= 11 is 0. The average molecular weight is 379 g/mol. The van der Waals surface area contributed by atoms with Crippen molar-refractivity contribution < 1.29 is 0 Å². The zero-order chi connectivity index (χ0) is 19.5. The second-order valence-corrected chi connectivity index (χ2v) is 9.86. The fourth-order valence-electron chi connectivity index (χ4n) is 5.37. The first-order valence-corrected chi connectivity index (χ1v) is 13.3. The van der Waals surface area contributed by atoms with Crippen molar-refractivity contribution in [3.63, 3.8) is 0 Å². The average Bonchev–Trinajstić information content (AvgIpc) is 2.69. The van der Waals surface area contributed by atoms with Crippen molar-refractivity contribution in [3.05, 3.63) is 0 Å². The van der Waals surface area contributed by atoms with E-state index in [0.29, 0.717) is 0 Å². The van der Waals surface area contributed by atoms with E-state index in [-0.39, 0.29) is 0 Å².